The van der Waals surface area contributed by atoms with Crippen molar-refractivity contribution >= 4 is 102 Å². The molecule has 0 aromatic rings. The number of carbonyl (C=O) groups is 4. The van der Waals surface area contributed by atoms with E-state index in [1.165, 1.54) is 63.7 Å². The average molecular weight is 1800 g/mol. The molecule has 0 radical (unpaired) electrons. The summed E-state index contributed by atoms with van der Waals surface area (Å²) in [4.78, 5) is 51.6. The number of aliphatic hydroxyl groups is 4. The molecule has 16 nitrogen and oxygen atoms in total. The second-order valence-electron chi connectivity index (χ2n) is 43.0. The number of fused-ring (bicyclic) bond motifs is 20. The first-order valence-electron chi connectivity index (χ1n) is 45.3. The molecule has 4 N–H and O–H groups in total. The van der Waals surface area contributed by atoms with Gasteiger partial charge >= 0.3 is 0 Å². The second kappa shape index (κ2) is 36.2. The SMILES string of the molecule is C.CC[C@@]1(O)CC[C@@H]2C3CC[C@@]4(C)C(CC[C@@H]4C(=O)CSS(C)(=O)=O)C3CC[C@H]2C1.C[C@@]1(O)CC[C@@H]2C3CC[C@@]4(C)C(CC[C@@H]4C(=O)CSS(C)(=O)=O)C3CC[C@H]2C1.C[C@]12CCC3C(CC[C@H]4C[C@@](O)(C(F)F)CC[C@H]34)C1CC[C@@H]2C(=O)CSS(C)(=O)=O.C[C@]12CCC3C(CC[C@H]4C[C@@](O)(CF)CC[C@H]34)C1CC[C@@H]2C(=O)CSS(C)(=O)=O. The zero-order chi connectivity index (χ0) is 84.3. The van der Waals surface area contributed by atoms with Crippen molar-refractivity contribution in [2.24, 2.45) is 164 Å². The van der Waals surface area contributed by atoms with Crippen LogP contribution in [0.5, 0.6) is 0 Å². The van der Waals surface area contributed by atoms with E-state index in [1.54, 1.807) is 0 Å². The van der Waals surface area contributed by atoms with Gasteiger partial charge in [0.2, 0.25) is 0 Å². The summed E-state index contributed by atoms with van der Waals surface area (Å²) in [7, 11) is -9.62. The summed E-state index contributed by atoms with van der Waals surface area (Å²) in [5.74, 6) is 12.9. The van der Waals surface area contributed by atoms with E-state index >= 15 is 0 Å². The van der Waals surface area contributed by atoms with Gasteiger partial charge in [-0.1, -0.05) is 42.0 Å². The third-order valence-electron chi connectivity index (χ3n) is 37.0. The third kappa shape index (κ3) is 20.2. The molecule has 0 aliphatic heterocycles. The molecule has 0 bridgehead atoms. The maximum Gasteiger partial charge on any atom is 0.266 e. The minimum atomic E-state index is -3.22. The van der Waals surface area contributed by atoms with Crippen LogP contribution in [-0.4, -0.2) is 161 Å². The van der Waals surface area contributed by atoms with Crippen LogP contribution < -0.4 is 0 Å². The molecule has 672 valence electrons. The fraction of sp³-hybridized carbons (Fsp3) is 0.956. The summed E-state index contributed by atoms with van der Waals surface area (Å²) < 4.78 is 132. The van der Waals surface area contributed by atoms with Crippen LogP contribution in [0.25, 0.3) is 0 Å². The molecule has 0 spiro atoms. The highest BCUT2D eigenvalue weighted by atomic mass is 33.2. The number of alkyl halides is 3. The molecule has 0 aromatic carbocycles. The summed E-state index contributed by atoms with van der Waals surface area (Å²) in [6.45, 7) is 12.7. The highest BCUT2D eigenvalue weighted by Crippen LogP contribution is 2.70. The molecule has 0 saturated heterocycles. The number of halogens is 3. The first-order chi connectivity index (χ1) is 54.1. The molecular formula is C90H147F3O16S8. The Morgan fingerprint density at radius 3 is 0.872 bits per heavy atom. The molecule has 0 amide bonds. The molecule has 0 heterocycles. The van der Waals surface area contributed by atoms with Crippen LogP contribution in [0.1, 0.15) is 287 Å². The lowest BCUT2D eigenvalue weighted by atomic mass is 9.48. The summed E-state index contributed by atoms with van der Waals surface area (Å²) in [6.07, 6.45) is 38.2. The molecule has 16 fully saturated rings. The quantitative estimate of drug-likeness (QED) is 0.0874. The van der Waals surface area contributed by atoms with E-state index in [-0.39, 0.29) is 118 Å². The molecule has 16 aliphatic rings. The van der Waals surface area contributed by atoms with Gasteiger partial charge in [-0.3, -0.25) is 19.2 Å². The number of hydrogen-bond donors (Lipinski definition) is 4. The van der Waals surface area contributed by atoms with E-state index < -0.39 is 71.0 Å². The predicted molar refractivity (Wildman–Crippen MR) is 466 cm³/mol. The van der Waals surface area contributed by atoms with Crippen molar-refractivity contribution in [2.75, 3.05) is 54.7 Å². The van der Waals surface area contributed by atoms with Gasteiger partial charge in [-0.05, 0) is 428 Å². The van der Waals surface area contributed by atoms with Crippen LogP contribution in [0.15, 0.2) is 0 Å². The molecule has 117 heavy (non-hydrogen) atoms. The molecule has 27 heteroatoms. The van der Waals surface area contributed by atoms with Gasteiger partial charge in [0.15, 0.2) is 35.5 Å². The molecule has 16 rings (SSSR count). The summed E-state index contributed by atoms with van der Waals surface area (Å²) in [5.41, 5.74) is -3.76. The van der Waals surface area contributed by atoms with Crippen molar-refractivity contribution in [3.05, 3.63) is 0 Å². The van der Waals surface area contributed by atoms with E-state index in [4.69, 9.17) is 0 Å². The normalized spacial score (nSPS) is 46.8. The predicted octanol–water partition coefficient (Wildman–Crippen LogP) is 18.3. The van der Waals surface area contributed by atoms with Crippen molar-refractivity contribution in [1.29, 1.82) is 0 Å². The largest absolute Gasteiger partial charge is 0.390 e. The van der Waals surface area contributed by atoms with Gasteiger partial charge in [0.05, 0.1) is 39.8 Å². The minimum absolute atomic E-state index is 0. The van der Waals surface area contributed by atoms with Crippen LogP contribution in [0, 0.1) is 164 Å². The Morgan fingerprint density at radius 1 is 0.333 bits per heavy atom. The highest BCUT2D eigenvalue weighted by molar-refractivity contribution is 8.73. The minimum Gasteiger partial charge on any atom is -0.390 e. The van der Waals surface area contributed by atoms with Crippen molar-refractivity contribution < 1.29 is 86.4 Å². The summed E-state index contributed by atoms with van der Waals surface area (Å²) in [5, 5.41) is 42.1. The van der Waals surface area contributed by atoms with Gasteiger partial charge in [-0.15, -0.1) is 0 Å². The van der Waals surface area contributed by atoms with Crippen LogP contribution in [0.4, 0.5) is 13.2 Å². The van der Waals surface area contributed by atoms with Gasteiger partial charge < -0.3 is 20.4 Å². The van der Waals surface area contributed by atoms with E-state index in [2.05, 4.69) is 34.6 Å². The molecular weight excluding hydrogens is 1650 g/mol. The maximum atomic E-state index is 13.4. The van der Waals surface area contributed by atoms with Crippen molar-refractivity contribution in [2.45, 2.75) is 315 Å². The van der Waals surface area contributed by atoms with Crippen LogP contribution in [-0.2, 0) is 54.7 Å². The lowest BCUT2D eigenvalue weighted by Gasteiger charge is -2.57. The Bertz CT molecular complexity index is 3910. The lowest BCUT2D eigenvalue weighted by molar-refractivity contribution is -0.160. The van der Waals surface area contributed by atoms with Crippen molar-refractivity contribution in [3.63, 3.8) is 0 Å². The average Bonchev–Trinajstić information content (AvgIpc) is 1.69. The van der Waals surface area contributed by atoms with Crippen LogP contribution >= 0.6 is 43.2 Å². The first-order valence-corrected chi connectivity index (χ1v) is 58.9. The molecule has 32 atom stereocenters. The first kappa shape index (κ1) is 95.6. The fourth-order valence-electron chi connectivity index (χ4n) is 31.7. The Morgan fingerprint density at radius 2 is 0.590 bits per heavy atom. The van der Waals surface area contributed by atoms with Gasteiger partial charge in [-0.25, -0.2) is 46.8 Å². The summed E-state index contributed by atoms with van der Waals surface area (Å²) in [6, 6.07) is 0. The standard InChI is InChI=1S/C23H38O4S2.C22H34F2O4S2.C22H35FO4S2.C22H36O4S2.CH4/c1-4-23(25)12-10-16-15(13-23)5-6-18-17(16)9-11-22(2)19(18)7-8-20(22)21(24)14-28-29(3,26)27;1-21-9-7-15-14-8-10-22(26,20(23)24)11-13(14)3-4-16(15)17(21)5-6-18(21)19(25)12-29-30(2,27)28;1-21-9-7-16-15-8-10-22(25,13-23)11-14(15)3-4-17(16)18(21)5-6-19(21)20(24)12-28-29(2,26)27;1-21(24)10-8-15-14(12-21)4-5-17-16(15)9-11-22(2)18(17)6-7-19(22)20(23)13-27-28(3,25)26;/h15-20,25H,4-14H2,1-3H3;13-18,20,26H,3-12H2,1-2H3;14-19,25H,3-13H2,1-2H3;14-19,24H,4-13H2,1-3H3;1H4/t15-,16-,17?,18?,19?,20+,22-,23+;13-,14-,15?,16?,17?,18+,21-,22+;14-,15-,16?,17?,18?,19+,21-,22+;14-,15-,16?,17?,18?,19+,21+,22-;/m0000./s1. The van der Waals surface area contributed by atoms with Crippen LogP contribution in [0.3, 0.4) is 0 Å². The van der Waals surface area contributed by atoms with Crippen LogP contribution in [0.2, 0.25) is 0 Å². The molecule has 16 saturated carbocycles. The number of carbonyl (C=O) groups excluding carboxylic acids is 4. The number of Topliss-reactive ketones (excluding diaryl/α,β-unsaturated/α-hetero) is 4. The molecule has 0 aromatic heterocycles. The number of ketones is 4. The zero-order valence-corrected chi connectivity index (χ0v) is 77.8. The van der Waals surface area contributed by atoms with Gasteiger partial charge in [0.1, 0.15) is 35.4 Å². The van der Waals surface area contributed by atoms with Gasteiger partial charge in [0.25, 0.3) is 6.43 Å². The van der Waals surface area contributed by atoms with E-state index in [1.807, 2.05) is 6.92 Å². The maximum absolute atomic E-state index is 13.4. The topological polar surface area (TPSA) is 286 Å². The van der Waals surface area contributed by atoms with Crippen molar-refractivity contribution in [3.8, 4) is 0 Å². The monoisotopic (exact) mass is 1800 g/mol. The highest BCUT2D eigenvalue weighted by Gasteiger charge is 2.65. The van der Waals surface area contributed by atoms with E-state index in [0.29, 0.717) is 96.2 Å². The Hall–Kier alpha value is -0.490. The second-order valence-corrected chi connectivity index (χ2v) is 60.8. The van der Waals surface area contributed by atoms with Gasteiger partial charge in [-0.2, -0.15) is 0 Å². The summed E-state index contributed by atoms with van der Waals surface area (Å²) >= 11 is 0. The Balaban J connectivity index is 0.000000143. The fourth-order valence-corrected chi connectivity index (χ4v) is 37.8. The Kier molecular flexibility index (Phi) is 29.6. The number of hydrogen-bond acceptors (Lipinski definition) is 20. The van der Waals surface area contributed by atoms with Gasteiger partial charge in [0, 0.05) is 48.7 Å². The smallest absolute Gasteiger partial charge is 0.266 e. The van der Waals surface area contributed by atoms with E-state index in [0.717, 1.165) is 245 Å². The molecule has 16 aliphatic carbocycles. The van der Waals surface area contributed by atoms with E-state index in [9.17, 15) is 86.4 Å². The third-order valence-corrected chi connectivity index (χ3v) is 46.9. The number of rotatable bonds is 19. The lowest BCUT2D eigenvalue weighted by Crippen LogP contribution is -2.53. The van der Waals surface area contributed by atoms with Crippen molar-refractivity contribution in [1.82, 2.24) is 0 Å². The zero-order valence-electron chi connectivity index (χ0n) is 71.2. The molecule has 12 unspecified atom stereocenters. The Labute approximate surface area is 716 Å².